The molecule has 0 unspecified atom stereocenters. The molecule has 0 heterocycles. The highest BCUT2D eigenvalue weighted by atomic mass is 19.1. The highest BCUT2D eigenvalue weighted by Gasteiger charge is 2.31. The summed E-state index contributed by atoms with van der Waals surface area (Å²) in [6.45, 7) is 2.11. The van der Waals surface area contributed by atoms with Gasteiger partial charge in [0.2, 0.25) is 11.8 Å². The van der Waals surface area contributed by atoms with Crippen molar-refractivity contribution in [3.63, 3.8) is 0 Å². The van der Waals surface area contributed by atoms with Crippen LogP contribution in [0.4, 0.5) is 4.39 Å². The molecule has 1 fully saturated rings. The minimum absolute atomic E-state index is 0.0545. The SMILES string of the molecule is CC(=O)N(CC(=O)NCCc1ccc(F)cc1)C1CC1. The molecule has 1 aromatic rings. The van der Waals surface area contributed by atoms with E-state index < -0.39 is 0 Å². The molecule has 0 bridgehead atoms. The Balaban J connectivity index is 1.72. The molecule has 108 valence electrons. The van der Waals surface area contributed by atoms with Crippen LogP contribution < -0.4 is 5.32 Å². The molecule has 0 saturated heterocycles. The van der Waals surface area contributed by atoms with E-state index in [9.17, 15) is 14.0 Å². The van der Waals surface area contributed by atoms with E-state index in [2.05, 4.69) is 5.32 Å². The first-order valence-corrected chi connectivity index (χ1v) is 6.84. The molecule has 4 nitrogen and oxygen atoms in total. The van der Waals surface area contributed by atoms with Crippen LogP contribution in [-0.2, 0) is 16.0 Å². The third kappa shape index (κ3) is 4.33. The van der Waals surface area contributed by atoms with Gasteiger partial charge in [0.15, 0.2) is 0 Å². The second-order valence-electron chi connectivity index (χ2n) is 5.10. The van der Waals surface area contributed by atoms with Gasteiger partial charge in [0, 0.05) is 19.5 Å². The lowest BCUT2D eigenvalue weighted by molar-refractivity contribution is -0.134. The predicted octanol–water partition coefficient (Wildman–Crippen LogP) is 1.50. The normalized spacial score (nSPS) is 13.9. The van der Waals surface area contributed by atoms with Crippen LogP contribution in [0.1, 0.15) is 25.3 Å². The number of rotatable bonds is 6. The summed E-state index contributed by atoms with van der Waals surface area (Å²) in [4.78, 5) is 24.8. The van der Waals surface area contributed by atoms with Crippen molar-refractivity contribution in [1.82, 2.24) is 10.2 Å². The average molecular weight is 278 g/mol. The minimum atomic E-state index is -0.265. The lowest BCUT2D eigenvalue weighted by atomic mass is 10.1. The van der Waals surface area contributed by atoms with Crippen LogP contribution in [0.15, 0.2) is 24.3 Å². The molecule has 1 saturated carbocycles. The quantitative estimate of drug-likeness (QED) is 0.857. The van der Waals surface area contributed by atoms with Gasteiger partial charge in [-0.2, -0.15) is 0 Å². The van der Waals surface area contributed by atoms with Gasteiger partial charge in [0.1, 0.15) is 5.82 Å². The van der Waals surface area contributed by atoms with Crippen molar-refractivity contribution in [2.45, 2.75) is 32.2 Å². The van der Waals surface area contributed by atoms with Crippen LogP contribution >= 0.6 is 0 Å². The Kier molecular flexibility index (Phi) is 4.71. The van der Waals surface area contributed by atoms with Gasteiger partial charge in [-0.15, -0.1) is 0 Å². The summed E-state index contributed by atoms with van der Waals surface area (Å²) in [7, 11) is 0. The van der Waals surface area contributed by atoms with E-state index in [1.807, 2.05) is 0 Å². The monoisotopic (exact) mass is 278 g/mol. The number of carbonyl (C=O) groups is 2. The fraction of sp³-hybridized carbons (Fsp3) is 0.467. The lowest BCUT2D eigenvalue weighted by Gasteiger charge is -2.19. The first-order chi connectivity index (χ1) is 9.56. The number of hydrogen-bond acceptors (Lipinski definition) is 2. The highest BCUT2D eigenvalue weighted by molar-refractivity contribution is 5.84. The fourth-order valence-electron chi connectivity index (χ4n) is 2.09. The standard InChI is InChI=1S/C15H19FN2O2/c1-11(19)18(14-6-7-14)10-15(20)17-9-8-12-2-4-13(16)5-3-12/h2-5,14H,6-10H2,1H3,(H,17,20). The average Bonchev–Trinajstić information content (AvgIpc) is 3.22. The molecule has 5 heteroatoms. The zero-order valence-electron chi connectivity index (χ0n) is 11.6. The Hall–Kier alpha value is -1.91. The molecule has 1 aliphatic rings. The van der Waals surface area contributed by atoms with Gasteiger partial charge < -0.3 is 10.2 Å². The number of nitrogens with zero attached hydrogens (tertiary/aromatic N) is 1. The summed E-state index contributed by atoms with van der Waals surface area (Å²) in [5.74, 6) is -0.463. The molecular weight excluding hydrogens is 259 g/mol. The Labute approximate surface area is 118 Å². The smallest absolute Gasteiger partial charge is 0.239 e. The van der Waals surface area contributed by atoms with E-state index in [4.69, 9.17) is 0 Å². The molecule has 1 N–H and O–H groups in total. The van der Waals surface area contributed by atoms with Crippen molar-refractivity contribution < 1.29 is 14.0 Å². The van der Waals surface area contributed by atoms with Crippen LogP contribution in [0, 0.1) is 5.82 Å². The first-order valence-electron chi connectivity index (χ1n) is 6.84. The molecule has 0 atom stereocenters. The van der Waals surface area contributed by atoms with Crippen molar-refractivity contribution in [3.8, 4) is 0 Å². The van der Waals surface area contributed by atoms with Crippen LogP contribution in [0.3, 0.4) is 0 Å². The number of halogens is 1. The van der Waals surface area contributed by atoms with E-state index in [1.165, 1.54) is 19.1 Å². The molecule has 0 spiro atoms. The molecule has 1 aromatic carbocycles. The maximum Gasteiger partial charge on any atom is 0.239 e. The maximum atomic E-state index is 12.7. The Bertz CT molecular complexity index is 483. The van der Waals surface area contributed by atoms with Gasteiger partial charge in [-0.1, -0.05) is 12.1 Å². The van der Waals surface area contributed by atoms with Crippen LogP contribution in [0.25, 0.3) is 0 Å². The largest absolute Gasteiger partial charge is 0.354 e. The zero-order chi connectivity index (χ0) is 14.5. The summed E-state index contributed by atoms with van der Waals surface area (Å²) < 4.78 is 12.7. The third-order valence-corrected chi connectivity index (χ3v) is 3.36. The Morgan fingerprint density at radius 1 is 1.30 bits per heavy atom. The lowest BCUT2D eigenvalue weighted by Crippen LogP contribution is -2.41. The van der Waals surface area contributed by atoms with E-state index in [0.717, 1.165) is 18.4 Å². The van der Waals surface area contributed by atoms with Gasteiger partial charge in [-0.05, 0) is 37.0 Å². The van der Waals surface area contributed by atoms with Gasteiger partial charge in [-0.25, -0.2) is 4.39 Å². The predicted molar refractivity (Wildman–Crippen MR) is 73.5 cm³/mol. The van der Waals surface area contributed by atoms with Crippen molar-refractivity contribution in [2.75, 3.05) is 13.1 Å². The van der Waals surface area contributed by atoms with Crippen molar-refractivity contribution in [1.29, 1.82) is 0 Å². The van der Waals surface area contributed by atoms with Gasteiger partial charge >= 0.3 is 0 Å². The molecule has 0 aliphatic heterocycles. The molecule has 0 aromatic heterocycles. The topological polar surface area (TPSA) is 49.4 Å². The van der Waals surface area contributed by atoms with Crippen molar-refractivity contribution in [3.05, 3.63) is 35.6 Å². The minimum Gasteiger partial charge on any atom is -0.354 e. The number of nitrogens with one attached hydrogen (secondary N) is 1. The number of amides is 2. The molecule has 2 rings (SSSR count). The summed E-state index contributed by atoms with van der Waals surface area (Å²) in [5, 5.41) is 2.79. The highest BCUT2D eigenvalue weighted by Crippen LogP contribution is 2.26. The fourth-order valence-corrected chi connectivity index (χ4v) is 2.09. The summed E-state index contributed by atoms with van der Waals surface area (Å²) in [5.41, 5.74) is 0.970. The van der Waals surface area contributed by atoms with Gasteiger partial charge in [-0.3, -0.25) is 9.59 Å². The summed E-state index contributed by atoms with van der Waals surface area (Å²) >= 11 is 0. The van der Waals surface area contributed by atoms with Crippen molar-refractivity contribution >= 4 is 11.8 Å². The zero-order valence-corrected chi connectivity index (χ0v) is 11.6. The Morgan fingerprint density at radius 3 is 2.50 bits per heavy atom. The van der Waals surface area contributed by atoms with E-state index in [0.29, 0.717) is 13.0 Å². The van der Waals surface area contributed by atoms with Crippen LogP contribution in [-0.4, -0.2) is 35.8 Å². The molecule has 2 amide bonds. The Morgan fingerprint density at radius 2 is 1.95 bits per heavy atom. The van der Waals surface area contributed by atoms with E-state index in [-0.39, 0.29) is 30.2 Å². The molecule has 1 aliphatic carbocycles. The van der Waals surface area contributed by atoms with Crippen LogP contribution in [0.5, 0.6) is 0 Å². The number of benzene rings is 1. The van der Waals surface area contributed by atoms with Crippen LogP contribution in [0.2, 0.25) is 0 Å². The summed E-state index contributed by atoms with van der Waals surface area (Å²) in [6, 6.07) is 6.46. The molecular formula is C15H19FN2O2. The van der Waals surface area contributed by atoms with E-state index in [1.54, 1.807) is 17.0 Å². The van der Waals surface area contributed by atoms with Gasteiger partial charge in [0.05, 0.1) is 6.54 Å². The maximum absolute atomic E-state index is 12.7. The summed E-state index contributed by atoms with van der Waals surface area (Å²) in [6.07, 6.45) is 2.63. The van der Waals surface area contributed by atoms with E-state index >= 15 is 0 Å². The second kappa shape index (κ2) is 6.50. The van der Waals surface area contributed by atoms with Crippen molar-refractivity contribution in [2.24, 2.45) is 0 Å². The molecule has 20 heavy (non-hydrogen) atoms. The third-order valence-electron chi connectivity index (χ3n) is 3.36. The number of hydrogen-bond donors (Lipinski definition) is 1. The van der Waals surface area contributed by atoms with Gasteiger partial charge in [0.25, 0.3) is 0 Å². The number of carbonyl (C=O) groups excluding carboxylic acids is 2. The first kappa shape index (κ1) is 14.5. The molecule has 0 radical (unpaired) electrons. The second-order valence-corrected chi connectivity index (χ2v) is 5.10.